The number of hydrogen-bond donors (Lipinski definition) is 1. The number of carbonyl (C=O) groups excluding carboxylic acids is 2. The maximum Gasteiger partial charge on any atom is 0.269 e. The Bertz CT molecular complexity index is 1170. The summed E-state index contributed by atoms with van der Waals surface area (Å²) in [5, 5.41) is 9.64. The molecule has 2 amide bonds. The number of carbonyl (C=O) groups is 2. The van der Waals surface area contributed by atoms with Gasteiger partial charge in [0, 0.05) is 36.4 Å². The van der Waals surface area contributed by atoms with Crippen molar-refractivity contribution in [2.24, 2.45) is 5.92 Å². The van der Waals surface area contributed by atoms with Crippen molar-refractivity contribution in [3.63, 3.8) is 0 Å². The van der Waals surface area contributed by atoms with Crippen LogP contribution in [0.5, 0.6) is 5.75 Å². The second-order valence-electron chi connectivity index (χ2n) is 9.83. The Morgan fingerprint density at radius 1 is 1.18 bits per heavy atom. The molecule has 0 aromatic heterocycles. The summed E-state index contributed by atoms with van der Waals surface area (Å²) in [6, 6.07) is 12.7. The van der Waals surface area contributed by atoms with Crippen LogP contribution in [0, 0.1) is 5.92 Å². The lowest BCUT2D eigenvalue weighted by atomic mass is 9.82. The zero-order valence-electron chi connectivity index (χ0n) is 19.7. The maximum absolute atomic E-state index is 15.5. The normalized spacial score (nSPS) is 28.4. The third-order valence-corrected chi connectivity index (χ3v) is 9.91. The van der Waals surface area contributed by atoms with Crippen LogP contribution in [0.25, 0.3) is 0 Å². The summed E-state index contributed by atoms with van der Waals surface area (Å²) < 4.78 is 27.6. The molecule has 0 saturated carbocycles. The topological polar surface area (TPSA) is 79.3 Å². The minimum Gasteiger partial charge on any atom is -0.482 e. The first kappa shape index (κ1) is 23.0. The number of aliphatic hydroxyl groups excluding tert-OH is 1. The van der Waals surface area contributed by atoms with E-state index in [0.29, 0.717) is 28.4 Å². The SMILES string of the molecule is C[C@@H]1[C@@H]([Si](C)(C)F)[C@H](CCO)O[C@@]12C(=O)N(C)c1ccc(N3C(=O)COc4ccccc43)cc12. The summed E-state index contributed by atoms with van der Waals surface area (Å²) in [6.07, 6.45) is -0.303. The van der Waals surface area contributed by atoms with Gasteiger partial charge in [-0.25, -0.2) is 0 Å². The predicted molar refractivity (Wildman–Crippen MR) is 129 cm³/mol. The molecular formula is C25H29FN2O5Si. The van der Waals surface area contributed by atoms with E-state index >= 15 is 4.11 Å². The van der Waals surface area contributed by atoms with Gasteiger partial charge in [-0.05, 0) is 49.8 Å². The van der Waals surface area contributed by atoms with Crippen LogP contribution in [-0.4, -0.2) is 51.7 Å². The smallest absolute Gasteiger partial charge is 0.269 e. The van der Waals surface area contributed by atoms with Crippen LogP contribution in [0.3, 0.4) is 0 Å². The van der Waals surface area contributed by atoms with Crippen molar-refractivity contribution < 1.29 is 28.3 Å². The van der Waals surface area contributed by atoms with E-state index in [1.807, 2.05) is 37.3 Å². The molecule has 3 aliphatic heterocycles. The molecular weight excluding hydrogens is 455 g/mol. The van der Waals surface area contributed by atoms with E-state index in [1.165, 1.54) is 0 Å². The highest BCUT2D eigenvalue weighted by atomic mass is 28.4. The van der Waals surface area contributed by atoms with Gasteiger partial charge in [-0.3, -0.25) is 14.5 Å². The number of rotatable bonds is 4. The number of benzene rings is 2. The fourth-order valence-electron chi connectivity index (χ4n) is 6.06. The Labute approximate surface area is 199 Å². The molecule has 2 aromatic carbocycles. The first-order chi connectivity index (χ1) is 16.1. The summed E-state index contributed by atoms with van der Waals surface area (Å²) in [5.74, 6) is -0.303. The Morgan fingerprint density at radius 2 is 1.91 bits per heavy atom. The Kier molecular flexibility index (Phi) is 5.34. The molecule has 0 unspecified atom stereocenters. The molecule has 9 heteroatoms. The zero-order chi connectivity index (χ0) is 24.4. The fourth-order valence-corrected chi connectivity index (χ4v) is 8.61. The average Bonchev–Trinajstić information content (AvgIpc) is 3.21. The van der Waals surface area contributed by atoms with Crippen molar-refractivity contribution in [1.29, 1.82) is 0 Å². The second-order valence-corrected chi connectivity index (χ2v) is 13.6. The van der Waals surface area contributed by atoms with E-state index in [-0.39, 0.29) is 31.4 Å². The number of aliphatic hydroxyl groups is 1. The molecule has 0 aliphatic carbocycles. The standard InChI is InChI=1S/C25H29FN2O5Si/c1-15-23(34(3,4)26)21(11-12-29)33-25(15)17-13-16(9-10-18(17)27(2)24(25)31)28-19-7-5-6-8-20(19)32-14-22(28)30/h5-10,13,15,21,23,29H,11-12,14H2,1-4H3/t15-,21+,23-,25+/m1/s1. The number of amides is 2. The number of hydrogen-bond acceptors (Lipinski definition) is 5. The molecule has 34 heavy (non-hydrogen) atoms. The number of nitrogens with zero attached hydrogens (tertiary/aromatic N) is 2. The number of halogens is 1. The molecule has 4 atom stereocenters. The van der Waals surface area contributed by atoms with Gasteiger partial charge in [-0.2, -0.15) is 0 Å². The van der Waals surface area contributed by atoms with Crippen LogP contribution in [0.2, 0.25) is 18.6 Å². The highest BCUT2D eigenvalue weighted by molar-refractivity contribution is 6.72. The van der Waals surface area contributed by atoms with Gasteiger partial charge >= 0.3 is 0 Å². The van der Waals surface area contributed by atoms with Gasteiger partial charge in [0.25, 0.3) is 11.8 Å². The fraction of sp³-hybridized carbons (Fsp3) is 0.440. The minimum atomic E-state index is -3.25. The van der Waals surface area contributed by atoms with Crippen LogP contribution in [0.4, 0.5) is 21.2 Å². The van der Waals surface area contributed by atoms with Gasteiger partial charge in [-0.15, -0.1) is 0 Å². The summed E-state index contributed by atoms with van der Waals surface area (Å²) in [7, 11) is -1.56. The lowest BCUT2D eigenvalue weighted by molar-refractivity contribution is -0.146. The quantitative estimate of drug-likeness (QED) is 0.526. The lowest BCUT2D eigenvalue weighted by Gasteiger charge is -2.32. The summed E-state index contributed by atoms with van der Waals surface area (Å²) in [4.78, 5) is 29.7. The molecule has 0 bridgehead atoms. The summed E-state index contributed by atoms with van der Waals surface area (Å²) in [5.41, 5.74) is 0.700. The van der Waals surface area contributed by atoms with Crippen molar-refractivity contribution >= 4 is 37.3 Å². The first-order valence-corrected chi connectivity index (χ1v) is 14.5. The van der Waals surface area contributed by atoms with Gasteiger partial charge in [0.05, 0.1) is 17.5 Å². The van der Waals surface area contributed by atoms with E-state index < -0.39 is 31.6 Å². The number of ether oxygens (including phenoxy) is 2. The van der Waals surface area contributed by atoms with E-state index in [4.69, 9.17) is 9.47 Å². The van der Waals surface area contributed by atoms with Crippen molar-refractivity contribution in [3.05, 3.63) is 48.0 Å². The Balaban J connectivity index is 1.66. The van der Waals surface area contributed by atoms with E-state index in [9.17, 15) is 14.7 Å². The molecule has 1 saturated heterocycles. The van der Waals surface area contributed by atoms with Gasteiger partial charge < -0.3 is 23.6 Å². The van der Waals surface area contributed by atoms with Gasteiger partial charge in [0.2, 0.25) is 8.41 Å². The Morgan fingerprint density at radius 3 is 2.62 bits per heavy atom. The molecule has 1 fully saturated rings. The van der Waals surface area contributed by atoms with Crippen molar-refractivity contribution in [2.45, 2.75) is 43.7 Å². The highest BCUT2D eigenvalue weighted by Gasteiger charge is 2.66. The molecule has 0 radical (unpaired) electrons. The molecule has 7 nitrogen and oxygen atoms in total. The number of anilines is 3. The maximum atomic E-state index is 15.5. The lowest BCUT2D eigenvalue weighted by Crippen LogP contribution is -2.44. The van der Waals surface area contributed by atoms with Crippen LogP contribution in [-0.2, 0) is 19.9 Å². The van der Waals surface area contributed by atoms with Crippen LogP contribution < -0.4 is 14.5 Å². The van der Waals surface area contributed by atoms with Crippen LogP contribution in [0.15, 0.2) is 42.5 Å². The molecule has 2 aromatic rings. The molecule has 5 rings (SSSR count). The molecule has 3 heterocycles. The van der Waals surface area contributed by atoms with Crippen molar-refractivity contribution in [3.8, 4) is 5.75 Å². The average molecular weight is 485 g/mol. The summed E-state index contributed by atoms with van der Waals surface area (Å²) >= 11 is 0. The van der Waals surface area contributed by atoms with Crippen LogP contribution in [0.1, 0.15) is 18.9 Å². The largest absolute Gasteiger partial charge is 0.482 e. The van der Waals surface area contributed by atoms with Gasteiger partial charge in [0.1, 0.15) is 5.75 Å². The van der Waals surface area contributed by atoms with Gasteiger partial charge in [0.15, 0.2) is 12.2 Å². The Hall–Kier alpha value is -2.75. The zero-order valence-corrected chi connectivity index (χ0v) is 20.7. The minimum absolute atomic E-state index is 0.0900. The van der Waals surface area contributed by atoms with E-state index in [2.05, 4.69) is 0 Å². The van der Waals surface area contributed by atoms with E-state index in [0.717, 1.165) is 0 Å². The molecule has 1 N–H and O–H groups in total. The summed E-state index contributed by atoms with van der Waals surface area (Å²) in [6.45, 7) is 4.90. The highest BCUT2D eigenvalue weighted by Crippen LogP contribution is 2.60. The molecule has 180 valence electrons. The predicted octanol–water partition coefficient (Wildman–Crippen LogP) is 3.88. The van der Waals surface area contributed by atoms with Crippen LogP contribution >= 0.6 is 0 Å². The second kappa shape index (κ2) is 7.89. The van der Waals surface area contributed by atoms with Gasteiger partial charge in [-0.1, -0.05) is 19.1 Å². The number of likely N-dealkylation sites (N-methyl/N-ethyl adjacent to an activating group) is 1. The molecule has 1 spiro atoms. The third-order valence-electron chi connectivity index (χ3n) is 7.45. The molecule has 3 aliphatic rings. The van der Waals surface area contributed by atoms with Crippen molar-refractivity contribution in [1.82, 2.24) is 0 Å². The number of para-hydroxylation sites is 2. The number of fused-ring (bicyclic) bond motifs is 3. The first-order valence-electron chi connectivity index (χ1n) is 11.6. The third kappa shape index (κ3) is 3.14. The van der Waals surface area contributed by atoms with Crippen molar-refractivity contribution in [2.75, 3.05) is 30.1 Å². The van der Waals surface area contributed by atoms with E-state index in [1.54, 1.807) is 42.1 Å². The monoisotopic (exact) mass is 484 g/mol.